The number of carboxylic acids is 1. The molecular formula is C16H15O3-. The highest BCUT2D eigenvalue weighted by Gasteiger charge is 2.01. The lowest BCUT2D eigenvalue weighted by Crippen LogP contribution is -2.22. The minimum Gasteiger partial charge on any atom is -0.545 e. The van der Waals surface area contributed by atoms with Crippen molar-refractivity contribution in [2.45, 2.75) is 20.5 Å². The Morgan fingerprint density at radius 3 is 2.63 bits per heavy atom. The van der Waals surface area contributed by atoms with Crippen LogP contribution in [0.25, 0.3) is 0 Å². The molecule has 0 aromatic heterocycles. The average molecular weight is 255 g/mol. The zero-order valence-electron chi connectivity index (χ0n) is 11.0. The van der Waals surface area contributed by atoms with E-state index in [2.05, 4.69) is 0 Å². The van der Waals surface area contributed by atoms with Crippen LogP contribution in [0.15, 0.2) is 42.5 Å². The third kappa shape index (κ3) is 3.35. The van der Waals surface area contributed by atoms with Crippen molar-refractivity contribution < 1.29 is 14.6 Å². The summed E-state index contributed by atoms with van der Waals surface area (Å²) in [4.78, 5) is 10.8. The molecule has 0 heterocycles. The van der Waals surface area contributed by atoms with Gasteiger partial charge in [0.15, 0.2) is 0 Å². The second kappa shape index (κ2) is 5.57. The predicted octanol–water partition coefficient (Wildman–Crippen LogP) is 2.25. The fraction of sp³-hybridized carbons (Fsp3) is 0.188. The van der Waals surface area contributed by atoms with Crippen LogP contribution in [-0.2, 0) is 6.61 Å². The van der Waals surface area contributed by atoms with Crippen molar-refractivity contribution in [3.63, 3.8) is 0 Å². The van der Waals surface area contributed by atoms with Crippen molar-refractivity contribution in [2.24, 2.45) is 0 Å². The summed E-state index contributed by atoms with van der Waals surface area (Å²) in [7, 11) is 0. The van der Waals surface area contributed by atoms with Gasteiger partial charge in [0.05, 0.1) is 5.97 Å². The molecule has 98 valence electrons. The number of carbonyl (C=O) groups is 1. The molecule has 0 unspecified atom stereocenters. The number of ether oxygens (including phenoxy) is 1. The zero-order chi connectivity index (χ0) is 13.8. The number of rotatable bonds is 4. The van der Waals surface area contributed by atoms with Crippen LogP contribution >= 0.6 is 0 Å². The van der Waals surface area contributed by atoms with Crippen LogP contribution in [0.4, 0.5) is 0 Å². The molecule has 0 bridgehead atoms. The quantitative estimate of drug-likeness (QED) is 0.842. The highest BCUT2D eigenvalue weighted by atomic mass is 16.5. The van der Waals surface area contributed by atoms with E-state index in [-0.39, 0.29) is 5.56 Å². The monoisotopic (exact) mass is 255 g/mol. The Hall–Kier alpha value is -2.29. The molecule has 0 spiro atoms. The molecule has 2 aromatic carbocycles. The van der Waals surface area contributed by atoms with Gasteiger partial charge in [0.1, 0.15) is 12.4 Å². The smallest absolute Gasteiger partial charge is 0.122 e. The van der Waals surface area contributed by atoms with Crippen molar-refractivity contribution in [3.8, 4) is 5.75 Å². The van der Waals surface area contributed by atoms with E-state index in [1.165, 1.54) is 11.6 Å². The standard InChI is InChI=1S/C16H16O3/c1-11-6-7-15(12(2)8-11)19-10-13-4-3-5-14(9-13)16(17)18/h3-9H,10H2,1-2H3,(H,17,18)/p-1. The first-order valence-corrected chi connectivity index (χ1v) is 6.06. The molecular weight excluding hydrogens is 240 g/mol. The normalized spacial score (nSPS) is 10.2. The first-order valence-electron chi connectivity index (χ1n) is 6.06. The minimum atomic E-state index is -1.17. The minimum absolute atomic E-state index is 0.168. The van der Waals surface area contributed by atoms with E-state index in [1.807, 2.05) is 38.1 Å². The van der Waals surface area contributed by atoms with E-state index in [0.717, 1.165) is 16.9 Å². The van der Waals surface area contributed by atoms with Gasteiger partial charge in [0.25, 0.3) is 0 Å². The molecule has 3 nitrogen and oxygen atoms in total. The van der Waals surface area contributed by atoms with Gasteiger partial charge in [0.2, 0.25) is 0 Å². The van der Waals surface area contributed by atoms with Crippen molar-refractivity contribution in [1.29, 1.82) is 0 Å². The van der Waals surface area contributed by atoms with Crippen LogP contribution in [0.5, 0.6) is 5.75 Å². The Morgan fingerprint density at radius 1 is 1.16 bits per heavy atom. The molecule has 0 atom stereocenters. The average Bonchev–Trinajstić information content (AvgIpc) is 2.38. The number of hydrogen-bond acceptors (Lipinski definition) is 3. The van der Waals surface area contributed by atoms with Gasteiger partial charge in [0, 0.05) is 0 Å². The van der Waals surface area contributed by atoms with Gasteiger partial charge in [-0.05, 0) is 42.7 Å². The first-order chi connectivity index (χ1) is 9.06. The Labute approximate surface area is 112 Å². The summed E-state index contributed by atoms with van der Waals surface area (Å²) in [6, 6.07) is 12.6. The maximum atomic E-state index is 10.8. The number of carbonyl (C=O) groups excluding carboxylic acids is 1. The number of hydrogen-bond donors (Lipinski definition) is 0. The lowest BCUT2D eigenvalue weighted by atomic mass is 10.1. The van der Waals surface area contributed by atoms with E-state index in [4.69, 9.17) is 4.74 Å². The van der Waals surface area contributed by atoms with E-state index < -0.39 is 5.97 Å². The summed E-state index contributed by atoms with van der Waals surface area (Å²) in [6.45, 7) is 4.35. The van der Waals surface area contributed by atoms with Crippen LogP contribution in [0, 0.1) is 13.8 Å². The molecule has 0 aliphatic heterocycles. The third-order valence-corrected chi connectivity index (χ3v) is 2.89. The summed E-state index contributed by atoms with van der Waals surface area (Å²) in [5.41, 5.74) is 3.23. The fourth-order valence-electron chi connectivity index (χ4n) is 1.91. The van der Waals surface area contributed by atoms with Gasteiger partial charge in [-0.25, -0.2) is 0 Å². The third-order valence-electron chi connectivity index (χ3n) is 2.89. The number of carboxylic acid groups (broad SMARTS) is 1. The van der Waals surface area contributed by atoms with Crippen molar-refractivity contribution in [2.75, 3.05) is 0 Å². The molecule has 2 rings (SSSR count). The maximum Gasteiger partial charge on any atom is 0.122 e. The van der Waals surface area contributed by atoms with Gasteiger partial charge in [-0.3, -0.25) is 0 Å². The highest BCUT2D eigenvalue weighted by molar-refractivity contribution is 5.85. The van der Waals surface area contributed by atoms with Gasteiger partial charge in [-0.2, -0.15) is 0 Å². The van der Waals surface area contributed by atoms with E-state index >= 15 is 0 Å². The van der Waals surface area contributed by atoms with Crippen LogP contribution in [0.2, 0.25) is 0 Å². The van der Waals surface area contributed by atoms with Gasteiger partial charge >= 0.3 is 0 Å². The molecule has 19 heavy (non-hydrogen) atoms. The predicted molar refractivity (Wildman–Crippen MR) is 71.0 cm³/mol. The fourth-order valence-corrected chi connectivity index (χ4v) is 1.91. The van der Waals surface area contributed by atoms with E-state index in [9.17, 15) is 9.90 Å². The van der Waals surface area contributed by atoms with Crippen molar-refractivity contribution in [3.05, 3.63) is 64.7 Å². The number of aryl methyl sites for hydroxylation is 2. The van der Waals surface area contributed by atoms with Crippen LogP contribution in [0.1, 0.15) is 27.0 Å². The molecule has 3 heteroatoms. The molecule has 0 fully saturated rings. The molecule has 0 aliphatic rings. The van der Waals surface area contributed by atoms with Crippen LogP contribution in [0.3, 0.4) is 0 Å². The second-order valence-electron chi connectivity index (χ2n) is 4.55. The Balaban J connectivity index is 2.10. The Bertz CT molecular complexity index is 603. The number of aromatic carboxylic acids is 1. The van der Waals surface area contributed by atoms with Gasteiger partial charge < -0.3 is 14.6 Å². The largest absolute Gasteiger partial charge is 0.545 e. The lowest BCUT2D eigenvalue weighted by Gasteiger charge is -2.11. The second-order valence-corrected chi connectivity index (χ2v) is 4.55. The maximum absolute atomic E-state index is 10.8. The van der Waals surface area contributed by atoms with Crippen LogP contribution in [-0.4, -0.2) is 5.97 Å². The molecule has 0 radical (unpaired) electrons. The summed E-state index contributed by atoms with van der Waals surface area (Å²) < 4.78 is 5.70. The van der Waals surface area contributed by atoms with E-state index in [0.29, 0.717) is 6.61 Å². The molecule has 0 saturated heterocycles. The molecule has 0 aliphatic carbocycles. The SMILES string of the molecule is Cc1ccc(OCc2cccc(C(=O)[O-])c2)c(C)c1. The Morgan fingerprint density at radius 2 is 1.95 bits per heavy atom. The van der Waals surface area contributed by atoms with Crippen molar-refractivity contribution in [1.82, 2.24) is 0 Å². The highest BCUT2D eigenvalue weighted by Crippen LogP contribution is 2.20. The van der Waals surface area contributed by atoms with Gasteiger partial charge in [-0.1, -0.05) is 35.9 Å². The zero-order valence-corrected chi connectivity index (χ0v) is 11.0. The topological polar surface area (TPSA) is 49.4 Å². The van der Waals surface area contributed by atoms with Crippen LogP contribution < -0.4 is 9.84 Å². The van der Waals surface area contributed by atoms with Crippen molar-refractivity contribution >= 4 is 5.97 Å². The summed E-state index contributed by atoms with van der Waals surface area (Å²) >= 11 is 0. The summed E-state index contributed by atoms with van der Waals surface area (Å²) in [5.74, 6) is -0.363. The summed E-state index contributed by atoms with van der Waals surface area (Å²) in [5, 5.41) is 10.8. The molecule has 2 aromatic rings. The van der Waals surface area contributed by atoms with E-state index in [1.54, 1.807) is 12.1 Å². The molecule has 0 amide bonds. The number of benzene rings is 2. The Kier molecular flexibility index (Phi) is 3.85. The van der Waals surface area contributed by atoms with Gasteiger partial charge in [-0.15, -0.1) is 0 Å². The lowest BCUT2D eigenvalue weighted by molar-refractivity contribution is -0.255. The molecule has 0 saturated carbocycles. The molecule has 0 N–H and O–H groups in total. The summed E-state index contributed by atoms with van der Waals surface area (Å²) in [6.07, 6.45) is 0. The first kappa shape index (κ1) is 13.1.